The van der Waals surface area contributed by atoms with Crippen molar-refractivity contribution in [3.05, 3.63) is 0 Å². The van der Waals surface area contributed by atoms with E-state index in [-0.39, 0.29) is 0 Å². The second kappa shape index (κ2) is 4.23. The van der Waals surface area contributed by atoms with Crippen LogP contribution in [0.15, 0.2) is 0 Å². The molecule has 1 heterocycles. The van der Waals surface area contributed by atoms with Gasteiger partial charge >= 0.3 is 18.1 Å². The Labute approximate surface area is 92.9 Å². The number of carbonyl (C=O) groups is 2. The third kappa shape index (κ3) is 2.92. The first-order valence-corrected chi connectivity index (χ1v) is 4.70. The van der Waals surface area contributed by atoms with Crippen LogP contribution in [0.2, 0.25) is 0 Å². The number of ether oxygens (including phenoxy) is 1. The SMILES string of the molecule is CC(=O)C1CC(CC(F)(F)C(F)(F)F)OC1=O. The molecule has 0 aromatic rings. The van der Waals surface area contributed by atoms with E-state index in [1.165, 1.54) is 0 Å². The predicted molar refractivity (Wildman–Crippen MR) is 44.3 cm³/mol. The molecule has 0 aromatic carbocycles. The van der Waals surface area contributed by atoms with Crippen LogP contribution in [0.25, 0.3) is 0 Å². The molecule has 0 radical (unpaired) electrons. The number of Topliss-reactive ketones (excluding diaryl/α,β-unsaturated/α-hetero) is 1. The lowest BCUT2D eigenvalue weighted by molar-refractivity contribution is -0.289. The van der Waals surface area contributed by atoms with Crippen molar-refractivity contribution >= 4 is 11.8 Å². The summed E-state index contributed by atoms with van der Waals surface area (Å²) in [5, 5.41) is 0. The highest BCUT2D eigenvalue weighted by Gasteiger charge is 2.59. The van der Waals surface area contributed by atoms with Crippen molar-refractivity contribution in [3.63, 3.8) is 0 Å². The third-order valence-corrected chi connectivity index (χ3v) is 2.46. The molecule has 0 spiro atoms. The predicted octanol–water partition coefficient (Wildman–Crippen LogP) is 2.09. The monoisotopic (exact) mass is 260 g/mol. The molecule has 1 rings (SSSR count). The minimum atomic E-state index is -5.69. The molecule has 0 aliphatic carbocycles. The average Bonchev–Trinajstić information content (AvgIpc) is 2.43. The molecule has 2 unspecified atom stereocenters. The highest BCUT2D eigenvalue weighted by atomic mass is 19.4. The highest BCUT2D eigenvalue weighted by Crippen LogP contribution is 2.41. The number of halogens is 5. The zero-order valence-electron chi connectivity index (χ0n) is 8.68. The fraction of sp³-hybridized carbons (Fsp3) is 0.778. The second-order valence-electron chi connectivity index (χ2n) is 3.86. The van der Waals surface area contributed by atoms with E-state index in [1.807, 2.05) is 0 Å². The minimum Gasteiger partial charge on any atom is -0.462 e. The van der Waals surface area contributed by atoms with Crippen LogP contribution in [0.1, 0.15) is 19.8 Å². The van der Waals surface area contributed by atoms with Gasteiger partial charge in [0.25, 0.3) is 0 Å². The van der Waals surface area contributed by atoms with Crippen molar-refractivity contribution in [2.75, 3.05) is 0 Å². The fourth-order valence-electron chi connectivity index (χ4n) is 1.51. The molecule has 2 atom stereocenters. The Morgan fingerprint density at radius 1 is 1.35 bits per heavy atom. The first-order chi connectivity index (χ1) is 7.54. The van der Waals surface area contributed by atoms with Crippen molar-refractivity contribution in [2.45, 2.75) is 38.0 Å². The van der Waals surface area contributed by atoms with Crippen LogP contribution in [0.5, 0.6) is 0 Å². The van der Waals surface area contributed by atoms with Gasteiger partial charge in [-0.25, -0.2) is 0 Å². The first kappa shape index (κ1) is 13.9. The lowest BCUT2D eigenvalue weighted by Gasteiger charge is -2.21. The molecule has 1 aliphatic heterocycles. The van der Waals surface area contributed by atoms with Gasteiger partial charge in [0.05, 0.1) is 6.42 Å². The van der Waals surface area contributed by atoms with E-state index in [0.29, 0.717) is 0 Å². The van der Waals surface area contributed by atoms with Gasteiger partial charge in [0.15, 0.2) is 0 Å². The molecular formula is C9H9F5O3. The number of cyclic esters (lactones) is 1. The second-order valence-corrected chi connectivity index (χ2v) is 3.86. The maximum Gasteiger partial charge on any atom is 0.453 e. The summed E-state index contributed by atoms with van der Waals surface area (Å²) in [4.78, 5) is 21.8. The van der Waals surface area contributed by atoms with Gasteiger partial charge in [-0.2, -0.15) is 22.0 Å². The van der Waals surface area contributed by atoms with E-state index in [4.69, 9.17) is 0 Å². The molecular weight excluding hydrogens is 251 g/mol. The van der Waals surface area contributed by atoms with Gasteiger partial charge in [-0.15, -0.1) is 0 Å². The zero-order chi connectivity index (χ0) is 13.4. The van der Waals surface area contributed by atoms with Crippen LogP contribution in [0, 0.1) is 5.92 Å². The standard InChI is InChI=1S/C9H9F5O3/c1-4(15)6-2-5(17-7(6)16)3-8(10,11)9(12,13)14/h5-6H,2-3H2,1H3. The van der Waals surface area contributed by atoms with E-state index in [9.17, 15) is 31.5 Å². The summed E-state index contributed by atoms with van der Waals surface area (Å²) < 4.78 is 65.2. The van der Waals surface area contributed by atoms with Gasteiger partial charge in [-0.05, 0) is 6.92 Å². The molecule has 8 heteroatoms. The summed E-state index contributed by atoms with van der Waals surface area (Å²) in [5.41, 5.74) is 0. The minimum absolute atomic E-state index is 0.431. The van der Waals surface area contributed by atoms with E-state index < -0.39 is 48.7 Å². The van der Waals surface area contributed by atoms with Gasteiger partial charge in [0.1, 0.15) is 17.8 Å². The number of alkyl halides is 5. The Morgan fingerprint density at radius 2 is 1.88 bits per heavy atom. The summed E-state index contributed by atoms with van der Waals surface area (Å²) in [6, 6.07) is 0. The van der Waals surface area contributed by atoms with Crippen LogP contribution in [-0.2, 0) is 14.3 Å². The molecule has 1 fully saturated rings. The molecule has 0 bridgehead atoms. The molecule has 1 saturated heterocycles. The summed E-state index contributed by atoms with van der Waals surface area (Å²) in [7, 11) is 0. The smallest absolute Gasteiger partial charge is 0.453 e. The molecule has 3 nitrogen and oxygen atoms in total. The van der Waals surface area contributed by atoms with Crippen molar-refractivity contribution < 1.29 is 36.3 Å². The van der Waals surface area contributed by atoms with Crippen LogP contribution in [0.4, 0.5) is 22.0 Å². The van der Waals surface area contributed by atoms with E-state index in [2.05, 4.69) is 4.74 Å². The van der Waals surface area contributed by atoms with Crippen molar-refractivity contribution in [1.82, 2.24) is 0 Å². The van der Waals surface area contributed by atoms with Gasteiger partial charge in [-0.1, -0.05) is 0 Å². The number of carbonyl (C=O) groups excluding carboxylic acids is 2. The van der Waals surface area contributed by atoms with Gasteiger partial charge < -0.3 is 4.74 Å². The highest BCUT2D eigenvalue weighted by molar-refractivity contribution is 5.98. The number of ketones is 1. The van der Waals surface area contributed by atoms with Crippen LogP contribution < -0.4 is 0 Å². The topological polar surface area (TPSA) is 43.4 Å². The molecule has 0 N–H and O–H groups in total. The van der Waals surface area contributed by atoms with Gasteiger partial charge in [0, 0.05) is 6.42 Å². The van der Waals surface area contributed by atoms with Gasteiger partial charge in [0.2, 0.25) is 0 Å². The van der Waals surface area contributed by atoms with Crippen molar-refractivity contribution in [3.8, 4) is 0 Å². The van der Waals surface area contributed by atoms with Crippen molar-refractivity contribution in [1.29, 1.82) is 0 Å². The molecule has 98 valence electrons. The van der Waals surface area contributed by atoms with E-state index in [1.54, 1.807) is 0 Å². The average molecular weight is 260 g/mol. The molecule has 17 heavy (non-hydrogen) atoms. The van der Waals surface area contributed by atoms with Gasteiger partial charge in [-0.3, -0.25) is 9.59 Å². The quantitative estimate of drug-likeness (QED) is 0.443. The molecule has 0 saturated carbocycles. The number of hydrogen-bond acceptors (Lipinski definition) is 3. The summed E-state index contributed by atoms with van der Waals surface area (Å²) in [6.07, 6.45) is -9.34. The van der Waals surface area contributed by atoms with Crippen LogP contribution in [0.3, 0.4) is 0 Å². The Hall–Kier alpha value is -1.21. The maximum absolute atomic E-state index is 12.6. The summed E-state index contributed by atoms with van der Waals surface area (Å²) >= 11 is 0. The number of hydrogen-bond donors (Lipinski definition) is 0. The van der Waals surface area contributed by atoms with E-state index >= 15 is 0 Å². The fourth-order valence-corrected chi connectivity index (χ4v) is 1.51. The Bertz CT molecular complexity index is 336. The summed E-state index contributed by atoms with van der Waals surface area (Å²) in [5.74, 6) is -7.80. The normalized spacial score (nSPS) is 25.9. The summed E-state index contributed by atoms with van der Waals surface area (Å²) in [6.45, 7) is 1.05. The largest absolute Gasteiger partial charge is 0.462 e. The van der Waals surface area contributed by atoms with Crippen LogP contribution in [-0.4, -0.2) is 30.0 Å². The Balaban J connectivity index is 2.68. The van der Waals surface area contributed by atoms with Crippen molar-refractivity contribution in [2.24, 2.45) is 5.92 Å². The van der Waals surface area contributed by atoms with Crippen LogP contribution >= 0.6 is 0 Å². The molecule has 0 aromatic heterocycles. The zero-order valence-corrected chi connectivity index (χ0v) is 8.68. The number of esters is 1. The first-order valence-electron chi connectivity index (χ1n) is 4.70. The Kier molecular flexibility index (Phi) is 3.45. The molecule has 1 aliphatic rings. The third-order valence-electron chi connectivity index (χ3n) is 2.46. The lowest BCUT2D eigenvalue weighted by Crippen LogP contribution is -2.39. The number of rotatable bonds is 3. The maximum atomic E-state index is 12.6. The van der Waals surface area contributed by atoms with E-state index in [0.717, 1.165) is 6.92 Å². The lowest BCUT2D eigenvalue weighted by atomic mass is 9.98. The Morgan fingerprint density at radius 3 is 2.24 bits per heavy atom. The molecule has 0 amide bonds.